The Morgan fingerprint density at radius 3 is 2.12 bits per heavy atom. The molecule has 1 fully saturated rings. The van der Waals surface area contributed by atoms with Gasteiger partial charge in [-0.3, -0.25) is 0 Å². The first-order chi connectivity index (χ1) is 8.21. The molecule has 1 aliphatic rings. The molecule has 0 aromatic rings. The molecular weight excluding hydrogens is 208 g/mol. The topological polar surface area (TPSA) is 29.3 Å². The lowest BCUT2D eigenvalue weighted by Crippen LogP contribution is -2.37. The minimum absolute atomic E-state index is 0.438. The summed E-state index contributed by atoms with van der Waals surface area (Å²) in [6, 6.07) is 0.438. The summed E-state index contributed by atoms with van der Waals surface area (Å²) >= 11 is 0. The Morgan fingerprint density at radius 1 is 1.06 bits per heavy atom. The second-order valence-corrected chi connectivity index (χ2v) is 5.67. The number of nitrogens with two attached hydrogens (primary N) is 1. The van der Waals surface area contributed by atoms with Crippen LogP contribution in [0.1, 0.15) is 59.3 Å². The van der Waals surface area contributed by atoms with Crippen molar-refractivity contribution in [1.29, 1.82) is 0 Å². The van der Waals surface area contributed by atoms with Gasteiger partial charge in [0.15, 0.2) is 0 Å². The van der Waals surface area contributed by atoms with Crippen LogP contribution >= 0.6 is 0 Å². The van der Waals surface area contributed by atoms with Crippen molar-refractivity contribution in [2.24, 2.45) is 17.6 Å². The molecule has 0 spiro atoms. The highest BCUT2D eigenvalue weighted by molar-refractivity contribution is 4.80. The van der Waals surface area contributed by atoms with Crippen molar-refractivity contribution in [1.82, 2.24) is 4.90 Å². The van der Waals surface area contributed by atoms with E-state index in [1.807, 2.05) is 0 Å². The van der Waals surface area contributed by atoms with Gasteiger partial charge in [0.05, 0.1) is 0 Å². The van der Waals surface area contributed by atoms with Gasteiger partial charge in [-0.25, -0.2) is 0 Å². The second-order valence-electron chi connectivity index (χ2n) is 5.67. The fourth-order valence-electron chi connectivity index (χ4n) is 3.13. The van der Waals surface area contributed by atoms with Gasteiger partial charge in [-0.05, 0) is 50.7 Å². The summed E-state index contributed by atoms with van der Waals surface area (Å²) in [6.45, 7) is 10.3. The molecule has 0 radical (unpaired) electrons. The third-order valence-electron chi connectivity index (χ3n) is 4.75. The molecule has 2 nitrogen and oxygen atoms in total. The van der Waals surface area contributed by atoms with Crippen LogP contribution in [0.3, 0.4) is 0 Å². The minimum atomic E-state index is 0.438. The Morgan fingerprint density at radius 2 is 1.65 bits per heavy atom. The van der Waals surface area contributed by atoms with Crippen molar-refractivity contribution in [3.8, 4) is 0 Å². The van der Waals surface area contributed by atoms with Crippen LogP contribution in [0.2, 0.25) is 0 Å². The fraction of sp³-hybridized carbons (Fsp3) is 1.00. The summed E-state index contributed by atoms with van der Waals surface area (Å²) < 4.78 is 0. The highest BCUT2D eigenvalue weighted by Crippen LogP contribution is 2.32. The molecule has 1 saturated carbocycles. The lowest BCUT2D eigenvalue weighted by Gasteiger charge is -2.32. The van der Waals surface area contributed by atoms with E-state index in [2.05, 4.69) is 25.7 Å². The van der Waals surface area contributed by atoms with E-state index in [-0.39, 0.29) is 0 Å². The van der Waals surface area contributed by atoms with E-state index in [4.69, 9.17) is 5.73 Å². The third-order valence-corrected chi connectivity index (χ3v) is 4.75. The van der Waals surface area contributed by atoms with E-state index < -0.39 is 0 Å². The third kappa shape index (κ3) is 4.97. The highest BCUT2D eigenvalue weighted by Gasteiger charge is 2.24. The maximum Gasteiger partial charge on any atom is 0.00793 e. The molecule has 0 aromatic heterocycles. The molecule has 1 atom stereocenters. The number of nitrogens with zero attached hydrogens (tertiary/aromatic N) is 1. The Labute approximate surface area is 108 Å². The predicted molar refractivity (Wildman–Crippen MR) is 76.1 cm³/mol. The average molecular weight is 240 g/mol. The van der Waals surface area contributed by atoms with Gasteiger partial charge in [-0.15, -0.1) is 0 Å². The van der Waals surface area contributed by atoms with Crippen molar-refractivity contribution in [3.63, 3.8) is 0 Å². The van der Waals surface area contributed by atoms with Gasteiger partial charge in [-0.2, -0.15) is 0 Å². The normalized spacial score (nSPS) is 27.4. The van der Waals surface area contributed by atoms with Crippen molar-refractivity contribution in [3.05, 3.63) is 0 Å². The molecule has 0 saturated heterocycles. The molecule has 102 valence electrons. The van der Waals surface area contributed by atoms with E-state index in [9.17, 15) is 0 Å². The van der Waals surface area contributed by atoms with Crippen molar-refractivity contribution < 1.29 is 0 Å². The molecule has 0 heterocycles. The highest BCUT2D eigenvalue weighted by atomic mass is 15.1. The van der Waals surface area contributed by atoms with Crippen LogP contribution in [-0.2, 0) is 0 Å². The van der Waals surface area contributed by atoms with E-state index >= 15 is 0 Å². The first kappa shape index (κ1) is 15.0. The zero-order valence-corrected chi connectivity index (χ0v) is 12.1. The first-order valence-corrected chi connectivity index (χ1v) is 7.69. The zero-order chi connectivity index (χ0) is 12.7. The number of rotatable bonds is 7. The second kappa shape index (κ2) is 8.10. The van der Waals surface area contributed by atoms with E-state index in [0.29, 0.717) is 6.04 Å². The minimum Gasteiger partial charge on any atom is -0.327 e. The average Bonchev–Trinajstić information content (AvgIpc) is 2.39. The Balaban J connectivity index is 2.22. The summed E-state index contributed by atoms with van der Waals surface area (Å²) in [5.41, 5.74) is 6.37. The van der Waals surface area contributed by atoms with Crippen LogP contribution < -0.4 is 5.73 Å². The fourth-order valence-corrected chi connectivity index (χ4v) is 3.13. The summed E-state index contributed by atoms with van der Waals surface area (Å²) in [6.07, 6.45) is 8.13. The van der Waals surface area contributed by atoms with Gasteiger partial charge in [0.25, 0.3) is 0 Å². The summed E-state index contributed by atoms with van der Waals surface area (Å²) in [7, 11) is 0. The SMILES string of the molecule is CCC1CCC(C(N)CCN(CC)CC)CC1. The van der Waals surface area contributed by atoms with E-state index in [1.165, 1.54) is 45.1 Å². The smallest absolute Gasteiger partial charge is 0.00793 e. The molecule has 0 amide bonds. The Kier molecular flexibility index (Phi) is 7.14. The van der Waals surface area contributed by atoms with E-state index in [0.717, 1.165) is 24.9 Å². The predicted octanol–water partition coefficient (Wildman–Crippen LogP) is 3.26. The molecule has 0 aromatic carbocycles. The summed E-state index contributed by atoms with van der Waals surface area (Å²) in [5.74, 6) is 1.79. The number of hydrogen-bond donors (Lipinski definition) is 1. The van der Waals surface area contributed by atoms with Gasteiger partial charge < -0.3 is 10.6 Å². The van der Waals surface area contributed by atoms with Gasteiger partial charge in [-0.1, -0.05) is 40.0 Å². The van der Waals surface area contributed by atoms with Gasteiger partial charge >= 0.3 is 0 Å². The summed E-state index contributed by atoms with van der Waals surface area (Å²) in [4.78, 5) is 2.48. The van der Waals surface area contributed by atoms with Gasteiger partial charge in [0.2, 0.25) is 0 Å². The maximum atomic E-state index is 6.37. The van der Waals surface area contributed by atoms with Crippen molar-refractivity contribution >= 4 is 0 Å². The molecular formula is C15H32N2. The molecule has 2 heteroatoms. The van der Waals surface area contributed by atoms with E-state index in [1.54, 1.807) is 0 Å². The van der Waals surface area contributed by atoms with Gasteiger partial charge in [0, 0.05) is 6.04 Å². The van der Waals surface area contributed by atoms with Crippen molar-refractivity contribution in [2.45, 2.75) is 65.3 Å². The molecule has 2 N–H and O–H groups in total. The quantitative estimate of drug-likeness (QED) is 0.740. The molecule has 17 heavy (non-hydrogen) atoms. The maximum absolute atomic E-state index is 6.37. The molecule has 1 aliphatic carbocycles. The first-order valence-electron chi connectivity index (χ1n) is 7.69. The van der Waals surface area contributed by atoms with Crippen LogP contribution in [0.25, 0.3) is 0 Å². The van der Waals surface area contributed by atoms with Crippen molar-refractivity contribution in [2.75, 3.05) is 19.6 Å². The van der Waals surface area contributed by atoms with Crippen LogP contribution in [-0.4, -0.2) is 30.6 Å². The number of hydrogen-bond acceptors (Lipinski definition) is 2. The van der Waals surface area contributed by atoms with Crippen LogP contribution in [0.5, 0.6) is 0 Å². The lowest BCUT2D eigenvalue weighted by molar-refractivity contribution is 0.213. The van der Waals surface area contributed by atoms with Crippen LogP contribution in [0.15, 0.2) is 0 Å². The lowest BCUT2D eigenvalue weighted by atomic mass is 9.77. The molecule has 0 bridgehead atoms. The summed E-state index contributed by atoms with van der Waals surface area (Å²) in [5, 5.41) is 0. The monoisotopic (exact) mass is 240 g/mol. The Bertz CT molecular complexity index is 181. The van der Waals surface area contributed by atoms with Gasteiger partial charge in [0.1, 0.15) is 0 Å². The zero-order valence-electron chi connectivity index (χ0n) is 12.1. The van der Waals surface area contributed by atoms with Crippen LogP contribution in [0.4, 0.5) is 0 Å². The van der Waals surface area contributed by atoms with Crippen LogP contribution in [0, 0.1) is 11.8 Å². The molecule has 1 rings (SSSR count). The largest absolute Gasteiger partial charge is 0.327 e. The Hall–Kier alpha value is -0.0800. The molecule has 0 aliphatic heterocycles. The standard InChI is InChI=1S/C15H32N2/c1-4-13-7-9-14(10-8-13)15(16)11-12-17(5-2)6-3/h13-15H,4-12,16H2,1-3H3. The molecule has 1 unspecified atom stereocenters.